The minimum Gasteiger partial charge on any atom is -0.408 e. The standard InChI is InChI=1S/C8H16N4O/c1-5(2)6(9)4-7-11-12-8(10-3)13-7/h5-6H,4,9H2,1-3H3,(H,10,12). The van der Waals surface area contributed by atoms with E-state index in [1.165, 1.54) is 0 Å². The number of nitrogens with two attached hydrogens (primary N) is 1. The maximum atomic E-state index is 5.85. The number of nitrogens with one attached hydrogen (secondary N) is 1. The average molecular weight is 184 g/mol. The van der Waals surface area contributed by atoms with Crippen molar-refractivity contribution in [3.8, 4) is 0 Å². The van der Waals surface area contributed by atoms with Crippen molar-refractivity contribution in [2.75, 3.05) is 12.4 Å². The molecule has 0 amide bonds. The lowest BCUT2D eigenvalue weighted by molar-refractivity contribution is 0.426. The molecule has 3 N–H and O–H groups in total. The zero-order chi connectivity index (χ0) is 9.84. The third kappa shape index (κ3) is 2.69. The van der Waals surface area contributed by atoms with E-state index in [-0.39, 0.29) is 6.04 Å². The normalized spacial score (nSPS) is 13.3. The van der Waals surface area contributed by atoms with Crippen LogP contribution in [-0.4, -0.2) is 23.3 Å². The fraction of sp³-hybridized carbons (Fsp3) is 0.750. The summed E-state index contributed by atoms with van der Waals surface area (Å²) in [5.41, 5.74) is 5.85. The summed E-state index contributed by atoms with van der Waals surface area (Å²) >= 11 is 0. The van der Waals surface area contributed by atoms with Gasteiger partial charge >= 0.3 is 6.01 Å². The quantitative estimate of drug-likeness (QED) is 0.718. The topological polar surface area (TPSA) is 77.0 Å². The molecule has 0 fully saturated rings. The molecule has 5 nitrogen and oxygen atoms in total. The molecule has 0 aliphatic carbocycles. The molecular formula is C8H16N4O. The van der Waals surface area contributed by atoms with E-state index in [9.17, 15) is 0 Å². The van der Waals surface area contributed by atoms with E-state index in [2.05, 4.69) is 29.4 Å². The van der Waals surface area contributed by atoms with Crippen molar-refractivity contribution in [2.45, 2.75) is 26.3 Å². The predicted molar refractivity (Wildman–Crippen MR) is 50.4 cm³/mol. The van der Waals surface area contributed by atoms with Gasteiger partial charge in [0.1, 0.15) is 0 Å². The number of nitrogens with zero attached hydrogens (tertiary/aromatic N) is 2. The van der Waals surface area contributed by atoms with Crippen LogP contribution in [0.4, 0.5) is 6.01 Å². The number of hydrogen-bond donors (Lipinski definition) is 2. The Hall–Kier alpha value is -1.10. The van der Waals surface area contributed by atoms with Crippen molar-refractivity contribution >= 4 is 6.01 Å². The lowest BCUT2D eigenvalue weighted by Crippen LogP contribution is -2.28. The number of rotatable bonds is 4. The molecule has 1 unspecified atom stereocenters. The molecule has 1 aromatic rings. The summed E-state index contributed by atoms with van der Waals surface area (Å²) in [6, 6.07) is 0.510. The summed E-state index contributed by atoms with van der Waals surface area (Å²) in [6.07, 6.45) is 0.631. The van der Waals surface area contributed by atoms with Gasteiger partial charge in [0, 0.05) is 19.5 Å². The summed E-state index contributed by atoms with van der Waals surface area (Å²) in [4.78, 5) is 0. The minimum atomic E-state index is 0.0742. The Balaban J connectivity index is 2.53. The summed E-state index contributed by atoms with van der Waals surface area (Å²) in [5, 5.41) is 10.4. The molecule has 0 aliphatic rings. The molecule has 0 aromatic carbocycles. The Bertz CT molecular complexity index is 258. The van der Waals surface area contributed by atoms with Crippen LogP contribution >= 0.6 is 0 Å². The lowest BCUT2D eigenvalue weighted by atomic mass is 10.0. The monoisotopic (exact) mass is 184 g/mol. The lowest BCUT2D eigenvalue weighted by Gasteiger charge is -2.12. The van der Waals surface area contributed by atoms with Crippen LogP contribution < -0.4 is 11.1 Å². The first kappa shape index (κ1) is 9.98. The third-order valence-electron chi connectivity index (χ3n) is 1.95. The molecule has 1 atom stereocenters. The second-order valence-electron chi connectivity index (χ2n) is 3.36. The van der Waals surface area contributed by atoms with E-state index in [1.54, 1.807) is 7.05 Å². The molecule has 1 aromatic heterocycles. The molecule has 74 valence electrons. The SMILES string of the molecule is CNc1nnc(CC(N)C(C)C)o1. The number of anilines is 1. The maximum Gasteiger partial charge on any atom is 0.315 e. The van der Waals surface area contributed by atoms with E-state index in [0.717, 1.165) is 0 Å². The Labute approximate surface area is 77.7 Å². The van der Waals surface area contributed by atoms with Crippen LogP contribution in [0.15, 0.2) is 4.42 Å². The van der Waals surface area contributed by atoms with Gasteiger partial charge in [0.2, 0.25) is 5.89 Å². The summed E-state index contributed by atoms with van der Waals surface area (Å²) < 4.78 is 5.24. The van der Waals surface area contributed by atoms with Gasteiger partial charge in [0.15, 0.2) is 0 Å². The van der Waals surface area contributed by atoms with Crippen LogP contribution in [0.25, 0.3) is 0 Å². The Morgan fingerprint density at radius 3 is 2.62 bits per heavy atom. The fourth-order valence-electron chi connectivity index (χ4n) is 0.874. The second kappa shape index (κ2) is 4.23. The van der Waals surface area contributed by atoms with Gasteiger partial charge in [-0.15, -0.1) is 5.10 Å². The maximum absolute atomic E-state index is 5.85. The smallest absolute Gasteiger partial charge is 0.315 e. The van der Waals surface area contributed by atoms with Crippen molar-refractivity contribution in [1.29, 1.82) is 0 Å². The van der Waals surface area contributed by atoms with Crippen LogP contribution in [0, 0.1) is 5.92 Å². The van der Waals surface area contributed by atoms with Gasteiger partial charge in [-0.3, -0.25) is 0 Å². The Morgan fingerprint density at radius 2 is 2.15 bits per heavy atom. The minimum absolute atomic E-state index is 0.0742. The Kier molecular flexibility index (Phi) is 3.25. The van der Waals surface area contributed by atoms with E-state index >= 15 is 0 Å². The molecule has 5 heteroatoms. The van der Waals surface area contributed by atoms with Crippen LogP contribution in [0.3, 0.4) is 0 Å². The third-order valence-corrected chi connectivity index (χ3v) is 1.95. The highest BCUT2D eigenvalue weighted by atomic mass is 16.4. The zero-order valence-electron chi connectivity index (χ0n) is 8.24. The van der Waals surface area contributed by atoms with Gasteiger partial charge in [-0.05, 0) is 5.92 Å². The summed E-state index contributed by atoms with van der Waals surface area (Å²) in [5.74, 6) is 1.01. The highest BCUT2D eigenvalue weighted by Crippen LogP contribution is 2.09. The fourth-order valence-corrected chi connectivity index (χ4v) is 0.874. The van der Waals surface area contributed by atoms with Gasteiger partial charge in [0.05, 0.1) is 0 Å². The van der Waals surface area contributed by atoms with E-state index < -0.39 is 0 Å². The largest absolute Gasteiger partial charge is 0.408 e. The second-order valence-corrected chi connectivity index (χ2v) is 3.36. The van der Waals surface area contributed by atoms with Crippen LogP contribution in [0.2, 0.25) is 0 Å². The first-order valence-corrected chi connectivity index (χ1v) is 4.39. The summed E-state index contributed by atoms with van der Waals surface area (Å²) in [7, 11) is 1.74. The van der Waals surface area contributed by atoms with Crippen molar-refractivity contribution in [3.05, 3.63) is 5.89 Å². The number of aromatic nitrogens is 2. The van der Waals surface area contributed by atoms with Gasteiger partial charge in [0.25, 0.3) is 0 Å². The molecule has 1 rings (SSSR count). The average Bonchev–Trinajstić information content (AvgIpc) is 2.52. The Morgan fingerprint density at radius 1 is 1.46 bits per heavy atom. The summed E-state index contributed by atoms with van der Waals surface area (Å²) in [6.45, 7) is 4.14. The first-order chi connectivity index (χ1) is 6.13. The van der Waals surface area contributed by atoms with Gasteiger partial charge in [-0.25, -0.2) is 0 Å². The van der Waals surface area contributed by atoms with Gasteiger partial charge in [-0.1, -0.05) is 18.9 Å². The molecule has 0 bridgehead atoms. The van der Waals surface area contributed by atoms with E-state index in [4.69, 9.17) is 10.2 Å². The van der Waals surface area contributed by atoms with Crippen molar-refractivity contribution in [3.63, 3.8) is 0 Å². The highest BCUT2D eigenvalue weighted by Gasteiger charge is 2.12. The van der Waals surface area contributed by atoms with Crippen LogP contribution in [-0.2, 0) is 6.42 Å². The first-order valence-electron chi connectivity index (χ1n) is 4.39. The molecule has 0 saturated heterocycles. The van der Waals surface area contributed by atoms with Crippen LogP contribution in [0.5, 0.6) is 0 Å². The molecular weight excluding hydrogens is 168 g/mol. The molecule has 0 radical (unpaired) electrons. The predicted octanol–water partition coefficient (Wildman–Crippen LogP) is 0.637. The zero-order valence-corrected chi connectivity index (χ0v) is 8.24. The molecule has 13 heavy (non-hydrogen) atoms. The van der Waals surface area contributed by atoms with Gasteiger partial charge < -0.3 is 15.5 Å². The molecule has 0 saturated carbocycles. The highest BCUT2D eigenvalue weighted by molar-refractivity contribution is 5.14. The van der Waals surface area contributed by atoms with Crippen molar-refractivity contribution in [1.82, 2.24) is 10.2 Å². The van der Waals surface area contributed by atoms with Crippen molar-refractivity contribution in [2.24, 2.45) is 11.7 Å². The van der Waals surface area contributed by atoms with E-state index in [1.807, 2.05) is 0 Å². The molecule has 1 heterocycles. The van der Waals surface area contributed by atoms with Crippen molar-refractivity contribution < 1.29 is 4.42 Å². The van der Waals surface area contributed by atoms with Crippen LogP contribution in [0.1, 0.15) is 19.7 Å². The molecule has 0 spiro atoms. The number of hydrogen-bond acceptors (Lipinski definition) is 5. The van der Waals surface area contributed by atoms with Gasteiger partial charge in [-0.2, -0.15) is 0 Å². The van der Waals surface area contributed by atoms with E-state index in [0.29, 0.717) is 24.2 Å². The molecule has 0 aliphatic heterocycles.